The Hall–Kier alpha value is -3.92. The predicted octanol–water partition coefficient (Wildman–Crippen LogP) is 5.06. The third-order valence-electron chi connectivity index (χ3n) is 6.40. The maximum absolute atomic E-state index is 14.1. The molecule has 0 aromatic heterocycles. The summed E-state index contributed by atoms with van der Waals surface area (Å²) >= 11 is 0. The van der Waals surface area contributed by atoms with Crippen LogP contribution in [0.5, 0.6) is 5.75 Å². The molecule has 1 N–H and O–H groups in total. The first-order valence-electron chi connectivity index (χ1n) is 13.6. The summed E-state index contributed by atoms with van der Waals surface area (Å²) in [6.07, 6.45) is 0.283. The number of aryl methyl sites for hydroxylation is 1. The van der Waals surface area contributed by atoms with Crippen molar-refractivity contribution in [2.45, 2.75) is 64.6 Å². The minimum absolute atomic E-state index is 0.0110. The zero-order chi connectivity index (χ0) is 30.2. The first-order chi connectivity index (χ1) is 19.5. The Bertz CT molecular complexity index is 1430. The average molecular weight is 584 g/mol. The molecule has 0 heterocycles. The van der Waals surface area contributed by atoms with Crippen molar-refractivity contribution in [3.63, 3.8) is 0 Å². The molecule has 8 nitrogen and oxygen atoms in total. The van der Waals surface area contributed by atoms with Crippen LogP contribution in [0.3, 0.4) is 0 Å². The fourth-order valence-electron chi connectivity index (χ4n) is 4.38. The second-order valence-electron chi connectivity index (χ2n) is 9.96. The summed E-state index contributed by atoms with van der Waals surface area (Å²) in [5.41, 5.74) is 1.68. The van der Waals surface area contributed by atoms with Crippen molar-refractivity contribution in [3.05, 3.63) is 89.7 Å². The van der Waals surface area contributed by atoms with Crippen LogP contribution in [-0.2, 0) is 26.2 Å². The lowest BCUT2D eigenvalue weighted by Crippen LogP contribution is -2.53. The van der Waals surface area contributed by atoms with Crippen LogP contribution < -0.4 is 14.4 Å². The van der Waals surface area contributed by atoms with Gasteiger partial charge in [-0.2, -0.15) is 0 Å². The van der Waals surface area contributed by atoms with Gasteiger partial charge in [-0.15, -0.1) is 0 Å². The third-order valence-corrected chi connectivity index (χ3v) is 8.18. The van der Waals surface area contributed by atoms with Crippen molar-refractivity contribution in [3.8, 4) is 5.75 Å². The SMILES string of the molecule is CCOc1ccccc1N(CC(=O)N(Cc1ccc(F)cc1)C(CC)C(=O)NC(C)C)S(=O)(=O)c1ccc(C)cc1. The topological polar surface area (TPSA) is 96.0 Å². The van der Waals surface area contributed by atoms with Crippen molar-refractivity contribution in [1.82, 2.24) is 10.2 Å². The van der Waals surface area contributed by atoms with Gasteiger partial charge in [-0.3, -0.25) is 13.9 Å². The summed E-state index contributed by atoms with van der Waals surface area (Å²) in [7, 11) is -4.23. The Morgan fingerprint density at radius 2 is 1.59 bits per heavy atom. The van der Waals surface area contributed by atoms with Crippen LogP contribution in [0, 0.1) is 12.7 Å². The predicted molar refractivity (Wildman–Crippen MR) is 158 cm³/mol. The minimum atomic E-state index is -4.23. The second kappa shape index (κ2) is 14.1. The van der Waals surface area contributed by atoms with Gasteiger partial charge in [0.1, 0.15) is 24.2 Å². The Balaban J connectivity index is 2.11. The largest absolute Gasteiger partial charge is 0.492 e. The number of nitrogens with zero attached hydrogens (tertiary/aromatic N) is 2. The molecule has 10 heteroatoms. The van der Waals surface area contributed by atoms with Gasteiger partial charge in [0.15, 0.2) is 0 Å². The van der Waals surface area contributed by atoms with Gasteiger partial charge in [0.2, 0.25) is 11.8 Å². The fourth-order valence-corrected chi connectivity index (χ4v) is 5.80. The third kappa shape index (κ3) is 8.07. The smallest absolute Gasteiger partial charge is 0.264 e. The van der Waals surface area contributed by atoms with Crippen molar-refractivity contribution in [2.24, 2.45) is 0 Å². The summed E-state index contributed by atoms with van der Waals surface area (Å²) < 4.78 is 48.5. The van der Waals surface area contributed by atoms with Gasteiger partial charge in [-0.05, 0) is 76.1 Å². The van der Waals surface area contributed by atoms with Crippen LogP contribution in [0.15, 0.2) is 77.7 Å². The van der Waals surface area contributed by atoms with E-state index in [0.29, 0.717) is 11.3 Å². The van der Waals surface area contributed by atoms with Crippen LogP contribution in [-0.4, -0.2) is 50.4 Å². The number of rotatable bonds is 13. The Labute approximate surface area is 242 Å². The van der Waals surface area contributed by atoms with E-state index in [0.717, 1.165) is 9.87 Å². The molecule has 1 unspecified atom stereocenters. The molecule has 0 radical (unpaired) electrons. The maximum Gasteiger partial charge on any atom is 0.264 e. The lowest BCUT2D eigenvalue weighted by molar-refractivity contribution is -0.140. The number of hydrogen-bond donors (Lipinski definition) is 1. The van der Waals surface area contributed by atoms with Crippen LogP contribution >= 0.6 is 0 Å². The number of amides is 2. The summed E-state index contributed by atoms with van der Waals surface area (Å²) in [5, 5.41) is 2.85. The number of para-hydroxylation sites is 2. The lowest BCUT2D eigenvalue weighted by Gasteiger charge is -2.34. The number of ether oxygens (including phenoxy) is 1. The van der Waals surface area contributed by atoms with Gasteiger partial charge in [0.25, 0.3) is 10.0 Å². The molecule has 3 rings (SSSR count). The van der Waals surface area contributed by atoms with Crippen molar-refractivity contribution < 1.29 is 27.1 Å². The highest BCUT2D eigenvalue weighted by atomic mass is 32.2. The van der Waals surface area contributed by atoms with Gasteiger partial charge in [0, 0.05) is 12.6 Å². The molecule has 0 saturated heterocycles. The molecule has 0 aliphatic heterocycles. The molecular formula is C31H38FN3O5S. The number of benzene rings is 3. The van der Waals surface area contributed by atoms with E-state index in [2.05, 4.69) is 5.32 Å². The number of halogens is 1. The number of anilines is 1. The van der Waals surface area contributed by atoms with Crippen molar-refractivity contribution in [2.75, 3.05) is 17.5 Å². The Morgan fingerprint density at radius 1 is 0.951 bits per heavy atom. The number of nitrogens with one attached hydrogen (secondary N) is 1. The molecule has 1 atom stereocenters. The van der Waals surface area contributed by atoms with Crippen molar-refractivity contribution in [1.29, 1.82) is 0 Å². The molecule has 2 amide bonds. The Kier molecular flexibility index (Phi) is 10.9. The lowest BCUT2D eigenvalue weighted by atomic mass is 10.1. The highest BCUT2D eigenvalue weighted by Gasteiger charge is 2.34. The molecule has 41 heavy (non-hydrogen) atoms. The van der Waals surface area contributed by atoms with E-state index in [-0.39, 0.29) is 42.1 Å². The van der Waals surface area contributed by atoms with E-state index in [9.17, 15) is 22.4 Å². The highest BCUT2D eigenvalue weighted by molar-refractivity contribution is 7.92. The molecule has 3 aromatic carbocycles. The molecule has 220 valence electrons. The highest BCUT2D eigenvalue weighted by Crippen LogP contribution is 2.33. The zero-order valence-corrected chi connectivity index (χ0v) is 24.9. The van der Waals surface area contributed by atoms with E-state index in [1.165, 1.54) is 41.3 Å². The average Bonchev–Trinajstić information content (AvgIpc) is 2.93. The van der Waals surface area contributed by atoms with Crippen LogP contribution in [0.2, 0.25) is 0 Å². The van der Waals surface area contributed by atoms with E-state index >= 15 is 0 Å². The number of hydrogen-bond acceptors (Lipinski definition) is 5. The van der Waals surface area contributed by atoms with Crippen molar-refractivity contribution >= 4 is 27.5 Å². The van der Waals surface area contributed by atoms with Crippen LogP contribution in [0.25, 0.3) is 0 Å². The van der Waals surface area contributed by atoms with Gasteiger partial charge in [0.05, 0.1) is 17.2 Å². The standard InChI is InChI=1S/C31H38FN3O5S/c1-6-27(31(37)33-22(3)4)34(20-24-14-16-25(32)17-15-24)30(36)21-35(28-10-8-9-11-29(28)40-7-2)41(38,39)26-18-12-23(5)13-19-26/h8-19,22,27H,6-7,20-21H2,1-5H3,(H,33,37). The molecule has 0 aliphatic rings. The van der Waals surface area contributed by atoms with E-state index in [1.807, 2.05) is 20.8 Å². The summed E-state index contributed by atoms with van der Waals surface area (Å²) in [5.74, 6) is -1.09. The molecular weight excluding hydrogens is 545 g/mol. The molecule has 0 fully saturated rings. The van der Waals surface area contributed by atoms with E-state index in [1.54, 1.807) is 50.2 Å². The number of carbonyl (C=O) groups excluding carboxylic acids is 2. The molecule has 0 aliphatic carbocycles. The number of sulfonamides is 1. The number of carbonyl (C=O) groups is 2. The van der Waals surface area contributed by atoms with Crippen LogP contribution in [0.1, 0.15) is 45.2 Å². The summed E-state index contributed by atoms with van der Waals surface area (Å²) in [4.78, 5) is 28.7. The second-order valence-corrected chi connectivity index (χ2v) is 11.8. The Morgan fingerprint density at radius 3 is 2.17 bits per heavy atom. The molecule has 3 aromatic rings. The summed E-state index contributed by atoms with van der Waals surface area (Å²) in [6, 6.07) is 17.5. The molecule has 0 bridgehead atoms. The summed E-state index contributed by atoms with van der Waals surface area (Å²) in [6.45, 7) is 8.72. The monoisotopic (exact) mass is 583 g/mol. The van der Waals surface area contributed by atoms with E-state index in [4.69, 9.17) is 4.74 Å². The quantitative estimate of drug-likeness (QED) is 0.304. The maximum atomic E-state index is 14.1. The first-order valence-corrected chi connectivity index (χ1v) is 15.1. The van der Waals surface area contributed by atoms with Gasteiger partial charge >= 0.3 is 0 Å². The van der Waals surface area contributed by atoms with Gasteiger partial charge in [-0.25, -0.2) is 12.8 Å². The first kappa shape index (κ1) is 31.6. The van der Waals surface area contributed by atoms with Crippen LogP contribution in [0.4, 0.5) is 10.1 Å². The van der Waals surface area contributed by atoms with E-state index < -0.39 is 34.3 Å². The zero-order valence-electron chi connectivity index (χ0n) is 24.1. The van der Waals surface area contributed by atoms with Gasteiger partial charge < -0.3 is 15.0 Å². The van der Waals surface area contributed by atoms with Gasteiger partial charge in [-0.1, -0.05) is 48.9 Å². The molecule has 0 spiro atoms. The molecule has 0 saturated carbocycles. The minimum Gasteiger partial charge on any atom is -0.492 e. The normalized spacial score (nSPS) is 12.1. The fraction of sp³-hybridized carbons (Fsp3) is 0.355.